The number of rotatable bonds is 5. The molecule has 0 unspecified atom stereocenters. The molecule has 106 valence electrons. The maximum absolute atomic E-state index is 13.8. The van der Waals surface area contributed by atoms with E-state index in [-0.39, 0.29) is 11.9 Å². The average molecular weight is 273 g/mol. The van der Waals surface area contributed by atoms with Crippen LogP contribution in [0.1, 0.15) is 29.7 Å². The van der Waals surface area contributed by atoms with Crippen molar-refractivity contribution in [3.63, 3.8) is 0 Å². The van der Waals surface area contributed by atoms with E-state index in [0.29, 0.717) is 17.9 Å². The summed E-state index contributed by atoms with van der Waals surface area (Å²) in [5.74, 6) is 0.297. The van der Waals surface area contributed by atoms with Crippen LogP contribution in [0.2, 0.25) is 0 Å². The second-order valence-electron chi connectivity index (χ2n) is 4.97. The lowest BCUT2D eigenvalue weighted by Gasteiger charge is -2.15. The second kappa shape index (κ2) is 6.53. The van der Waals surface area contributed by atoms with Crippen molar-refractivity contribution >= 4 is 0 Å². The average Bonchev–Trinajstić information content (AvgIpc) is 2.45. The molecule has 0 aliphatic heterocycles. The zero-order chi connectivity index (χ0) is 14.5. The number of halogens is 1. The molecule has 0 aliphatic carbocycles. The summed E-state index contributed by atoms with van der Waals surface area (Å²) in [6.45, 7) is 4.64. The first-order chi connectivity index (χ1) is 9.60. The van der Waals surface area contributed by atoms with Crippen LogP contribution in [0.3, 0.4) is 0 Å². The lowest BCUT2D eigenvalue weighted by molar-refractivity contribution is 0.410. The summed E-state index contributed by atoms with van der Waals surface area (Å²) in [6.07, 6.45) is 0. The summed E-state index contributed by atoms with van der Waals surface area (Å²) in [4.78, 5) is 0. The lowest BCUT2D eigenvalue weighted by atomic mass is 10.1. The van der Waals surface area contributed by atoms with Gasteiger partial charge in [0.15, 0.2) is 0 Å². The largest absolute Gasteiger partial charge is 0.497 e. The lowest BCUT2D eigenvalue weighted by Crippen LogP contribution is -2.18. The van der Waals surface area contributed by atoms with Gasteiger partial charge >= 0.3 is 0 Å². The van der Waals surface area contributed by atoms with Gasteiger partial charge in [-0.05, 0) is 25.5 Å². The minimum atomic E-state index is -0.242. The Bertz CT molecular complexity index is 583. The second-order valence-corrected chi connectivity index (χ2v) is 4.97. The van der Waals surface area contributed by atoms with Gasteiger partial charge in [0.1, 0.15) is 11.6 Å². The van der Waals surface area contributed by atoms with Crippen LogP contribution in [0.25, 0.3) is 0 Å². The Balaban J connectivity index is 2.01. The standard InChI is InChI=1S/C17H20FNO/c1-12-5-4-6-14(9-12)13(2)19-11-15-7-8-16(20-3)10-17(15)18/h4-10,13,19H,11H2,1-3H3/t13-/m1/s1. The summed E-state index contributed by atoms with van der Waals surface area (Å²) in [5, 5.41) is 3.34. The van der Waals surface area contributed by atoms with Crippen LogP contribution >= 0.6 is 0 Å². The molecule has 0 spiro atoms. The molecule has 0 radical (unpaired) electrons. The van der Waals surface area contributed by atoms with Crippen molar-refractivity contribution in [2.45, 2.75) is 26.4 Å². The van der Waals surface area contributed by atoms with E-state index in [9.17, 15) is 4.39 Å². The third-order valence-corrected chi connectivity index (χ3v) is 3.40. The monoisotopic (exact) mass is 273 g/mol. The number of hydrogen-bond acceptors (Lipinski definition) is 2. The molecule has 2 aromatic carbocycles. The normalized spacial score (nSPS) is 12.2. The summed E-state index contributed by atoms with van der Waals surface area (Å²) >= 11 is 0. The van der Waals surface area contributed by atoms with Crippen molar-refractivity contribution in [1.82, 2.24) is 5.32 Å². The van der Waals surface area contributed by atoms with Crippen LogP contribution in [-0.2, 0) is 6.54 Å². The van der Waals surface area contributed by atoms with Crippen molar-refractivity contribution in [2.24, 2.45) is 0 Å². The Morgan fingerprint density at radius 1 is 1.20 bits per heavy atom. The number of benzene rings is 2. The summed E-state index contributed by atoms with van der Waals surface area (Å²) in [7, 11) is 1.53. The molecule has 0 bridgehead atoms. The van der Waals surface area contributed by atoms with Crippen LogP contribution in [0.15, 0.2) is 42.5 Å². The molecule has 1 N–H and O–H groups in total. The van der Waals surface area contributed by atoms with Crippen molar-refractivity contribution in [3.05, 3.63) is 65.0 Å². The number of methoxy groups -OCH3 is 1. The number of nitrogens with one attached hydrogen (secondary N) is 1. The molecular weight excluding hydrogens is 253 g/mol. The Labute approximate surface area is 119 Å². The molecule has 2 rings (SSSR count). The Kier molecular flexibility index (Phi) is 4.74. The van der Waals surface area contributed by atoms with E-state index in [4.69, 9.17) is 4.74 Å². The molecule has 20 heavy (non-hydrogen) atoms. The highest BCUT2D eigenvalue weighted by Crippen LogP contribution is 2.18. The highest BCUT2D eigenvalue weighted by Gasteiger charge is 2.08. The molecule has 0 amide bonds. The molecule has 2 aromatic rings. The van der Waals surface area contributed by atoms with Crippen LogP contribution in [0, 0.1) is 12.7 Å². The maximum Gasteiger partial charge on any atom is 0.131 e. The molecule has 3 heteroatoms. The number of hydrogen-bond donors (Lipinski definition) is 1. The van der Waals surface area contributed by atoms with E-state index in [2.05, 4.69) is 37.4 Å². The van der Waals surface area contributed by atoms with Gasteiger partial charge in [0.05, 0.1) is 7.11 Å². The highest BCUT2D eigenvalue weighted by atomic mass is 19.1. The molecule has 0 saturated carbocycles. The van der Waals surface area contributed by atoms with Crippen molar-refractivity contribution in [2.75, 3.05) is 7.11 Å². The molecule has 1 atom stereocenters. The van der Waals surface area contributed by atoms with Gasteiger partial charge in [0.2, 0.25) is 0 Å². The smallest absolute Gasteiger partial charge is 0.131 e. The molecule has 0 saturated heterocycles. The fraction of sp³-hybridized carbons (Fsp3) is 0.294. The first-order valence-electron chi connectivity index (χ1n) is 6.72. The van der Waals surface area contributed by atoms with E-state index in [0.717, 1.165) is 0 Å². The topological polar surface area (TPSA) is 21.3 Å². The van der Waals surface area contributed by atoms with Crippen LogP contribution in [0.5, 0.6) is 5.75 Å². The van der Waals surface area contributed by atoms with Crippen LogP contribution < -0.4 is 10.1 Å². The van der Waals surface area contributed by atoms with Gasteiger partial charge < -0.3 is 10.1 Å². The SMILES string of the molecule is COc1ccc(CN[C@H](C)c2cccc(C)c2)c(F)c1. The summed E-state index contributed by atoms with van der Waals surface area (Å²) in [6, 6.07) is 13.4. The predicted molar refractivity (Wildman–Crippen MR) is 79.4 cm³/mol. The molecule has 0 heterocycles. The minimum absolute atomic E-state index is 0.177. The fourth-order valence-electron chi connectivity index (χ4n) is 2.12. The van der Waals surface area contributed by atoms with E-state index < -0.39 is 0 Å². The molecule has 2 nitrogen and oxygen atoms in total. The van der Waals surface area contributed by atoms with Gasteiger partial charge in [-0.1, -0.05) is 35.9 Å². The quantitative estimate of drug-likeness (QED) is 0.889. The predicted octanol–water partition coefficient (Wildman–Crippen LogP) is 3.99. The van der Waals surface area contributed by atoms with E-state index in [1.165, 1.54) is 24.3 Å². The zero-order valence-electron chi connectivity index (χ0n) is 12.1. The van der Waals surface area contributed by atoms with Gasteiger partial charge in [-0.15, -0.1) is 0 Å². The van der Waals surface area contributed by atoms with Crippen molar-refractivity contribution in [1.29, 1.82) is 0 Å². The van der Waals surface area contributed by atoms with Crippen LogP contribution in [-0.4, -0.2) is 7.11 Å². The first kappa shape index (κ1) is 14.5. The van der Waals surface area contributed by atoms with Gasteiger partial charge in [-0.3, -0.25) is 0 Å². The first-order valence-corrected chi connectivity index (χ1v) is 6.72. The third kappa shape index (κ3) is 3.58. The van der Waals surface area contributed by atoms with Gasteiger partial charge in [0, 0.05) is 24.2 Å². The Morgan fingerprint density at radius 2 is 2.00 bits per heavy atom. The van der Waals surface area contributed by atoms with E-state index in [1.54, 1.807) is 12.1 Å². The van der Waals surface area contributed by atoms with E-state index >= 15 is 0 Å². The highest BCUT2D eigenvalue weighted by molar-refractivity contribution is 5.29. The summed E-state index contributed by atoms with van der Waals surface area (Å²) < 4.78 is 18.8. The van der Waals surface area contributed by atoms with E-state index in [1.807, 2.05) is 6.07 Å². The number of aryl methyl sites for hydroxylation is 1. The summed E-state index contributed by atoms with van der Waals surface area (Å²) in [5.41, 5.74) is 3.08. The third-order valence-electron chi connectivity index (χ3n) is 3.40. The van der Waals surface area contributed by atoms with Gasteiger partial charge in [-0.25, -0.2) is 4.39 Å². The van der Waals surface area contributed by atoms with Gasteiger partial charge in [0.25, 0.3) is 0 Å². The fourth-order valence-corrected chi connectivity index (χ4v) is 2.12. The van der Waals surface area contributed by atoms with Crippen LogP contribution in [0.4, 0.5) is 4.39 Å². The molecule has 0 fully saturated rings. The van der Waals surface area contributed by atoms with Crippen molar-refractivity contribution < 1.29 is 9.13 Å². The Hall–Kier alpha value is -1.87. The van der Waals surface area contributed by atoms with Gasteiger partial charge in [-0.2, -0.15) is 0 Å². The molecule has 0 aliphatic rings. The molecule has 0 aromatic heterocycles. The number of ether oxygens (including phenoxy) is 1. The maximum atomic E-state index is 13.8. The molecular formula is C17H20FNO. The zero-order valence-corrected chi connectivity index (χ0v) is 12.1. The minimum Gasteiger partial charge on any atom is -0.497 e. The van der Waals surface area contributed by atoms with Crippen molar-refractivity contribution in [3.8, 4) is 5.75 Å². The Morgan fingerprint density at radius 3 is 2.65 bits per heavy atom.